The van der Waals surface area contributed by atoms with Gasteiger partial charge in [-0.25, -0.2) is 0 Å². The van der Waals surface area contributed by atoms with E-state index >= 15 is 0 Å². The first-order chi connectivity index (χ1) is 12.2. The molecule has 4 nitrogen and oxygen atoms in total. The van der Waals surface area contributed by atoms with E-state index in [1.54, 1.807) is 0 Å². The molecule has 144 valence electrons. The molecule has 1 saturated carbocycles. The van der Waals surface area contributed by atoms with Gasteiger partial charge in [-0.1, -0.05) is 63.9 Å². The van der Waals surface area contributed by atoms with E-state index in [1.165, 1.54) is 44.9 Å². The summed E-state index contributed by atoms with van der Waals surface area (Å²) < 4.78 is 5.31. The molecule has 1 fully saturated rings. The van der Waals surface area contributed by atoms with Gasteiger partial charge in [-0.05, 0) is 32.1 Å². The van der Waals surface area contributed by atoms with Crippen molar-refractivity contribution in [2.75, 3.05) is 6.61 Å². The number of hydrogen-bond acceptors (Lipinski definition) is 4. The van der Waals surface area contributed by atoms with Gasteiger partial charge in [-0.15, -0.1) is 6.58 Å². The Morgan fingerprint density at radius 2 is 1.38 bits per heavy atom. The zero-order valence-corrected chi connectivity index (χ0v) is 18.7. The molecule has 0 bridgehead atoms. The van der Waals surface area contributed by atoms with E-state index in [4.69, 9.17) is 4.74 Å². The van der Waals surface area contributed by atoms with Crippen molar-refractivity contribution >= 4 is 11.9 Å². The quantitative estimate of drug-likeness (QED) is 0.198. The Balaban J connectivity index is 0.00000625. The SMILES string of the molecule is C=CCCCCCCCCCCCOC(=O)C1CCCCC1C(=O)[O-].[Na+]. The number of ether oxygens (including phenoxy) is 1. The fourth-order valence-electron chi connectivity index (χ4n) is 3.60. The summed E-state index contributed by atoms with van der Waals surface area (Å²) in [4.78, 5) is 23.2. The van der Waals surface area contributed by atoms with Crippen molar-refractivity contribution in [2.45, 2.75) is 89.9 Å². The molecule has 0 aromatic heterocycles. The van der Waals surface area contributed by atoms with Crippen molar-refractivity contribution in [3.8, 4) is 0 Å². The molecular weight excluding hydrogens is 339 g/mol. The predicted molar refractivity (Wildman–Crippen MR) is 97.8 cm³/mol. The molecule has 1 aliphatic rings. The number of hydrogen-bond donors (Lipinski definition) is 0. The Labute approximate surface area is 181 Å². The number of carboxylic acids is 1. The van der Waals surface area contributed by atoms with Crippen LogP contribution in [0.5, 0.6) is 0 Å². The Hall–Kier alpha value is -0.320. The van der Waals surface area contributed by atoms with Crippen LogP contribution in [-0.2, 0) is 14.3 Å². The maximum absolute atomic E-state index is 12.1. The largest absolute Gasteiger partial charge is 1.00 e. The van der Waals surface area contributed by atoms with Crippen LogP contribution >= 0.6 is 0 Å². The monoisotopic (exact) mass is 374 g/mol. The van der Waals surface area contributed by atoms with E-state index in [9.17, 15) is 14.7 Å². The first-order valence-electron chi connectivity index (χ1n) is 10.1. The summed E-state index contributed by atoms with van der Waals surface area (Å²) in [6, 6.07) is 0. The molecule has 0 spiro atoms. The van der Waals surface area contributed by atoms with Gasteiger partial charge in [-0.3, -0.25) is 4.79 Å². The summed E-state index contributed by atoms with van der Waals surface area (Å²) in [5.41, 5.74) is 0. The van der Waals surface area contributed by atoms with Crippen LogP contribution in [0.2, 0.25) is 0 Å². The molecule has 0 aromatic carbocycles. The Kier molecular flexibility index (Phi) is 16.6. The van der Waals surface area contributed by atoms with E-state index in [2.05, 4.69) is 6.58 Å². The standard InChI is InChI=1S/C21H36O4.Na/c1-2-3-4-5-6-7-8-9-10-11-14-17-25-21(24)19-16-13-12-15-18(19)20(22)23;/h2,18-19H,1,3-17H2,(H,22,23);/q;+1/p-1. The normalized spacial score (nSPS) is 19.4. The Morgan fingerprint density at radius 3 is 1.92 bits per heavy atom. The fraction of sp³-hybridized carbons (Fsp3) is 0.810. The third kappa shape index (κ3) is 11.4. The van der Waals surface area contributed by atoms with E-state index in [0.717, 1.165) is 32.1 Å². The average Bonchev–Trinajstić information content (AvgIpc) is 2.62. The van der Waals surface area contributed by atoms with Crippen molar-refractivity contribution in [2.24, 2.45) is 11.8 Å². The second-order valence-electron chi connectivity index (χ2n) is 7.24. The average molecular weight is 374 g/mol. The van der Waals surface area contributed by atoms with Gasteiger partial charge in [0.15, 0.2) is 0 Å². The van der Waals surface area contributed by atoms with Gasteiger partial charge in [0.25, 0.3) is 0 Å². The first-order valence-corrected chi connectivity index (χ1v) is 10.1. The third-order valence-corrected chi connectivity index (χ3v) is 5.17. The van der Waals surface area contributed by atoms with Gasteiger partial charge in [0, 0.05) is 11.9 Å². The van der Waals surface area contributed by atoms with Crippen molar-refractivity contribution < 1.29 is 49.0 Å². The van der Waals surface area contributed by atoms with Gasteiger partial charge in [0.2, 0.25) is 0 Å². The molecule has 26 heavy (non-hydrogen) atoms. The minimum absolute atomic E-state index is 0. The number of carbonyl (C=O) groups is 2. The van der Waals surface area contributed by atoms with E-state index in [1.807, 2.05) is 6.08 Å². The molecular formula is C21H35NaO4. The van der Waals surface area contributed by atoms with Crippen LogP contribution in [0.15, 0.2) is 12.7 Å². The summed E-state index contributed by atoms with van der Waals surface area (Å²) in [6.07, 6.45) is 16.8. The molecule has 0 radical (unpaired) electrons. The van der Waals surface area contributed by atoms with Gasteiger partial charge >= 0.3 is 35.5 Å². The van der Waals surface area contributed by atoms with Crippen molar-refractivity contribution in [1.82, 2.24) is 0 Å². The third-order valence-electron chi connectivity index (χ3n) is 5.17. The van der Waals surface area contributed by atoms with Crippen LogP contribution < -0.4 is 34.7 Å². The summed E-state index contributed by atoms with van der Waals surface area (Å²) in [7, 11) is 0. The minimum Gasteiger partial charge on any atom is -0.550 e. The van der Waals surface area contributed by atoms with Crippen LogP contribution in [0.3, 0.4) is 0 Å². The van der Waals surface area contributed by atoms with Gasteiger partial charge < -0.3 is 14.6 Å². The molecule has 0 N–H and O–H groups in total. The number of unbranched alkanes of at least 4 members (excludes halogenated alkanes) is 9. The molecule has 0 aliphatic heterocycles. The summed E-state index contributed by atoms with van der Waals surface area (Å²) >= 11 is 0. The van der Waals surface area contributed by atoms with Gasteiger partial charge in [-0.2, -0.15) is 0 Å². The van der Waals surface area contributed by atoms with Crippen molar-refractivity contribution in [3.63, 3.8) is 0 Å². The maximum atomic E-state index is 12.1. The number of rotatable bonds is 14. The number of allylic oxidation sites excluding steroid dienone is 1. The predicted octanol–water partition coefficient (Wildman–Crippen LogP) is 1.18. The summed E-state index contributed by atoms with van der Waals surface area (Å²) in [5, 5.41) is 11.1. The van der Waals surface area contributed by atoms with Crippen LogP contribution in [0.25, 0.3) is 0 Å². The number of esters is 1. The topological polar surface area (TPSA) is 66.4 Å². The minimum atomic E-state index is -1.11. The van der Waals surface area contributed by atoms with E-state index in [-0.39, 0.29) is 35.5 Å². The zero-order chi connectivity index (χ0) is 18.3. The second-order valence-corrected chi connectivity index (χ2v) is 7.24. The molecule has 0 aromatic rings. The van der Waals surface area contributed by atoms with Crippen LogP contribution in [0, 0.1) is 11.8 Å². The molecule has 5 heteroatoms. The second kappa shape index (κ2) is 16.8. The molecule has 0 amide bonds. The number of carboxylic acid groups (broad SMARTS) is 1. The zero-order valence-electron chi connectivity index (χ0n) is 16.7. The number of aliphatic carboxylic acids is 1. The van der Waals surface area contributed by atoms with Crippen LogP contribution in [0.4, 0.5) is 0 Å². The van der Waals surface area contributed by atoms with E-state index < -0.39 is 17.8 Å². The summed E-state index contributed by atoms with van der Waals surface area (Å²) in [6.45, 7) is 4.15. The molecule has 2 unspecified atom stereocenters. The van der Waals surface area contributed by atoms with Crippen molar-refractivity contribution in [1.29, 1.82) is 0 Å². The molecule has 1 aliphatic carbocycles. The first kappa shape index (κ1) is 25.7. The molecule has 2 atom stereocenters. The van der Waals surface area contributed by atoms with Crippen molar-refractivity contribution in [3.05, 3.63) is 12.7 Å². The molecule has 0 heterocycles. The summed E-state index contributed by atoms with van der Waals surface area (Å²) in [5.74, 6) is -2.60. The maximum Gasteiger partial charge on any atom is 1.00 e. The van der Waals surface area contributed by atoms with Gasteiger partial charge in [0.05, 0.1) is 12.5 Å². The smallest absolute Gasteiger partial charge is 0.550 e. The van der Waals surface area contributed by atoms with Crippen LogP contribution in [-0.4, -0.2) is 18.5 Å². The Morgan fingerprint density at radius 1 is 0.885 bits per heavy atom. The van der Waals surface area contributed by atoms with Gasteiger partial charge in [0.1, 0.15) is 0 Å². The molecule has 1 rings (SSSR count). The van der Waals surface area contributed by atoms with Crippen LogP contribution in [0.1, 0.15) is 89.9 Å². The molecule has 0 saturated heterocycles. The number of carbonyl (C=O) groups excluding carboxylic acids is 2. The van der Waals surface area contributed by atoms with E-state index in [0.29, 0.717) is 19.4 Å². The Bertz CT molecular complexity index is 397. The fourth-order valence-corrected chi connectivity index (χ4v) is 3.60.